The van der Waals surface area contributed by atoms with Crippen molar-refractivity contribution in [2.24, 2.45) is 0 Å². The molecule has 2 fully saturated rings. The van der Waals surface area contributed by atoms with Crippen LogP contribution in [0, 0.1) is 5.82 Å². The van der Waals surface area contributed by atoms with E-state index >= 15 is 0 Å². The van der Waals surface area contributed by atoms with E-state index in [4.69, 9.17) is 11.6 Å². The van der Waals surface area contributed by atoms with Crippen LogP contribution in [-0.4, -0.2) is 51.9 Å². The monoisotopic (exact) mass is 483 g/mol. The van der Waals surface area contributed by atoms with Crippen LogP contribution in [0.25, 0.3) is 11.8 Å². The molecule has 2 aliphatic heterocycles. The first kappa shape index (κ1) is 24.0. The number of anilines is 1. The van der Waals surface area contributed by atoms with E-state index in [1.807, 2.05) is 4.90 Å². The molecule has 0 spiro atoms. The Morgan fingerprint density at radius 2 is 1.85 bits per heavy atom. The maximum atomic E-state index is 13.2. The Bertz CT molecular complexity index is 1130. The van der Waals surface area contributed by atoms with Gasteiger partial charge in [0.2, 0.25) is 11.8 Å². The van der Waals surface area contributed by atoms with Crippen LogP contribution in [0.3, 0.4) is 0 Å². The number of likely N-dealkylation sites (tertiary alicyclic amines) is 1. The second kappa shape index (κ2) is 9.99. The van der Waals surface area contributed by atoms with E-state index in [-0.39, 0.29) is 40.5 Å². The molecule has 178 valence electrons. The second-order valence-electron chi connectivity index (χ2n) is 8.83. The number of aliphatic hydroxyl groups excluding tert-OH is 1. The van der Waals surface area contributed by atoms with Crippen LogP contribution in [0.2, 0.25) is 5.02 Å². The fraction of sp³-hybridized carbons (Fsp3) is 0.308. The van der Waals surface area contributed by atoms with Gasteiger partial charge in [-0.3, -0.25) is 14.5 Å². The Morgan fingerprint density at radius 1 is 1.21 bits per heavy atom. The largest absolute Gasteiger partial charge is 0.508 e. The number of nitrogens with zero attached hydrogens (tertiary/aromatic N) is 2. The molecule has 0 saturated carbocycles. The molecule has 0 radical (unpaired) electrons. The predicted octanol–water partition coefficient (Wildman–Crippen LogP) is 4.85. The average molecular weight is 484 g/mol. The highest BCUT2D eigenvalue weighted by Crippen LogP contribution is 2.33. The van der Waals surface area contributed by atoms with Gasteiger partial charge in [-0.05, 0) is 54.3 Å². The molecule has 2 heterocycles. The van der Waals surface area contributed by atoms with Crippen molar-refractivity contribution in [2.45, 2.75) is 38.4 Å². The van der Waals surface area contributed by atoms with Crippen LogP contribution in [0.15, 0.2) is 49.1 Å². The van der Waals surface area contributed by atoms with Gasteiger partial charge in [-0.1, -0.05) is 30.3 Å². The predicted molar refractivity (Wildman–Crippen MR) is 132 cm³/mol. The van der Waals surface area contributed by atoms with Crippen LogP contribution in [0.1, 0.15) is 36.5 Å². The molecule has 2 atom stereocenters. The van der Waals surface area contributed by atoms with E-state index in [9.17, 15) is 19.1 Å². The number of amides is 2. The molecule has 2 aromatic carbocycles. The number of aliphatic hydroxyl groups is 1. The number of hydrogen-bond acceptors (Lipinski definition) is 4. The quantitative estimate of drug-likeness (QED) is 0.455. The normalized spacial score (nSPS) is 20.0. The highest BCUT2D eigenvalue weighted by molar-refractivity contribution is 6.32. The Balaban J connectivity index is 1.48. The molecule has 34 heavy (non-hydrogen) atoms. The molecule has 6 nitrogen and oxygen atoms in total. The first-order chi connectivity index (χ1) is 16.2. The number of nitrogens with one attached hydrogen (secondary N) is 1. The number of carbonyl (C=O) groups is 2. The Labute approximate surface area is 203 Å². The van der Waals surface area contributed by atoms with Crippen molar-refractivity contribution in [3.63, 3.8) is 0 Å². The minimum atomic E-state index is -0.275. The van der Waals surface area contributed by atoms with Crippen LogP contribution < -0.4 is 5.32 Å². The van der Waals surface area contributed by atoms with Crippen molar-refractivity contribution >= 4 is 40.9 Å². The van der Waals surface area contributed by atoms with Crippen molar-refractivity contribution in [1.82, 2.24) is 9.80 Å². The smallest absolute Gasteiger partial charge is 0.247 e. The van der Waals surface area contributed by atoms with Crippen LogP contribution in [0.4, 0.5) is 10.1 Å². The maximum Gasteiger partial charge on any atom is 0.247 e. The molecule has 4 rings (SSSR count). The minimum Gasteiger partial charge on any atom is -0.508 e. The summed E-state index contributed by atoms with van der Waals surface area (Å²) < 4.78 is 13.2. The van der Waals surface area contributed by atoms with Gasteiger partial charge >= 0.3 is 0 Å². The zero-order chi connectivity index (χ0) is 24.4. The summed E-state index contributed by atoms with van der Waals surface area (Å²) in [4.78, 5) is 29.0. The van der Waals surface area contributed by atoms with Crippen molar-refractivity contribution in [3.8, 4) is 0 Å². The molecule has 2 unspecified atom stereocenters. The van der Waals surface area contributed by atoms with E-state index in [1.54, 1.807) is 24.3 Å². The summed E-state index contributed by atoms with van der Waals surface area (Å²) in [6.45, 7) is 7.15. The Hall–Kier alpha value is -3.16. The summed E-state index contributed by atoms with van der Waals surface area (Å²) in [5, 5.41) is 12.8. The third kappa shape index (κ3) is 5.32. The molecule has 2 N–H and O–H groups in total. The first-order valence-corrected chi connectivity index (χ1v) is 11.6. The number of halogens is 2. The van der Waals surface area contributed by atoms with Gasteiger partial charge in [0.25, 0.3) is 0 Å². The highest BCUT2D eigenvalue weighted by atomic mass is 35.5. The number of piperazine rings is 1. The molecule has 8 heteroatoms. The summed E-state index contributed by atoms with van der Waals surface area (Å²) in [6.07, 6.45) is 5.01. The van der Waals surface area contributed by atoms with Gasteiger partial charge < -0.3 is 15.3 Å². The Morgan fingerprint density at radius 3 is 2.44 bits per heavy atom. The number of rotatable bonds is 6. The molecule has 2 amide bonds. The number of carbonyl (C=O) groups excluding carboxylic acids is 2. The molecule has 2 bridgehead atoms. The zero-order valence-electron chi connectivity index (χ0n) is 18.9. The molecule has 2 saturated heterocycles. The van der Waals surface area contributed by atoms with E-state index in [0.717, 1.165) is 38.0 Å². The van der Waals surface area contributed by atoms with Crippen molar-refractivity contribution in [1.29, 1.82) is 0 Å². The van der Waals surface area contributed by atoms with Crippen LogP contribution in [-0.2, 0) is 16.1 Å². The molecule has 0 aliphatic carbocycles. The molecule has 0 aromatic heterocycles. The average Bonchev–Trinajstić information content (AvgIpc) is 3.04. The lowest BCUT2D eigenvalue weighted by Gasteiger charge is -2.40. The minimum absolute atomic E-state index is 0.0953. The Kier molecular flexibility index (Phi) is 7.05. The summed E-state index contributed by atoms with van der Waals surface area (Å²) in [7, 11) is 0. The lowest BCUT2D eigenvalue weighted by atomic mass is 10.1. The van der Waals surface area contributed by atoms with Gasteiger partial charge in [0.05, 0.1) is 5.02 Å². The van der Waals surface area contributed by atoms with Gasteiger partial charge in [-0.2, -0.15) is 0 Å². The van der Waals surface area contributed by atoms with E-state index in [0.29, 0.717) is 16.8 Å². The lowest BCUT2D eigenvalue weighted by Crippen LogP contribution is -2.55. The highest BCUT2D eigenvalue weighted by Gasteiger charge is 2.41. The standard InChI is InChI=1S/C26H27ClFN3O3/c1-16(32)23-11-19(25(12-24(23)27)29-17(2)33)5-10-26(34)31-21-8-9-22(31)15-30(14-21)13-18-3-6-20(28)7-4-18/h3-7,10-12,21-22,32H,1,8-9,13-15H2,2H3,(H,29,33)/b10-5+. The summed E-state index contributed by atoms with van der Waals surface area (Å²) in [6, 6.07) is 9.89. The third-order valence-electron chi connectivity index (χ3n) is 6.30. The van der Waals surface area contributed by atoms with Gasteiger partial charge in [-0.25, -0.2) is 4.39 Å². The van der Waals surface area contributed by atoms with Gasteiger partial charge in [0, 0.05) is 56.0 Å². The van der Waals surface area contributed by atoms with Crippen molar-refractivity contribution < 1.29 is 19.1 Å². The SMILES string of the molecule is C=C(O)c1cc(/C=C/C(=O)N2C3CCC2CN(Cc2ccc(F)cc2)C3)c(NC(C)=O)cc1Cl. The summed E-state index contributed by atoms with van der Waals surface area (Å²) in [5.41, 5.74) is 2.37. The molecular weight excluding hydrogens is 457 g/mol. The maximum absolute atomic E-state index is 13.2. The molecular formula is C26H27ClFN3O3. The number of hydrogen-bond donors (Lipinski definition) is 2. The second-order valence-corrected chi connectivity index (χ2v) is 9.24. The van der Waals surface area contributed by atoms with Crippen molar-refractivity contribution in [3.05, 3.63) is 76.6 Å². The first-order valence-electron chi connectivity index (χ1n) is 11.2. The van der Waals surface area contributed by atoms with Crippen molar-refractivity contribution in [2.75, 3.05) is 18.4 Å². The van der Waals surface area contributed by atoms with E-state index in [2.05, 4.69) is 16.8 Å². The van der Waals surface area contributed by atoms with E-state index < -0.39 is 0 Å². The van der Waals surface area contributed by atoms with Gasteiger partial charge in [0.1, 0.15) is 11.6 Å². The molecule has 2 aromatic rings. The van der Waals surface area contributed by atoms with Gasteiger partial charge in [0.15, 0.2) is 0 Å². The summed E-state index contributed by atoms with van der Waals surface area (Å²) in [5.74, 6) is -0.815. The zero-order valence-corrected chi connectivity index (χ0v) is 19.7. The lowest BCUT2D eigenvalue weighted by molar-refractivity contribution is -0.131. The third-order valence-corrected chi connectivity index (χ3v) is 6.61. The topological polar surface area (TPSA) is 72.9 Å². The fourth-order valence-electron chi connectivity index (χ4n) is 4.82. The van der Waals surface area contributed by atoms with Crippen LogP contribution >= 0.6 is 11.6 Å². The number of fused-ring (bicyclic) bond motifs is 2. The van der Waals surface area contributed by atoms with Gasteiger partial charge in [-0.15, -0.1) is 0 Å². The summed E-state index contributed by atoms with van der Waals surface area (Å²) >= 11 is 6.20. The number of benzene rings is 2. The fourth-order valence-corrected chi connectivity index (χ4v) is 5.09. The molecule has 2 aliphatic rings. The van der Waals surface area contributed by atoms with Crippen LogP contribution in [0.5, 0.6) is 0 Å². The van der Waals surface area contributed by atoms with E-state index in [1.165, 1.54) is 31.2 Å².